The van der Waals surface area contributed by atoms with E-state index in [9.17, 15) is 0 Å². The monoisotopic (exact) mass is 227 g/mol. The molecule has 0 aromatic carbocycles. The minimum absolute atomic E-state index is 0.138. The average molecular weight is 227 g/mol. The third-order valence-corrected chi connectivity index (χ3v) is 4.04. The van der Waals surface area contributed by atoms with Crippen molar-refractivity contribution < 1.29 is 0 Å². The molecular weight excluding hydrogens is 206 g/mol. The third-order valence-electron chi connectivity index (χ3n) is 3.24. The predicted octanol–water partition coefficient (Wildman–Crippen LogP) is 1.61. The SMILES string of the molecule is CNC(Cc1cncs1)C(C)(C)N(C)C. The molecule has 1 heterocycles. The first-order valence-electron chi connectivity index (χ1n) is 5.20. The Balaban J connectivity index is 2.71. The zero-order chi connectivity index (χ0) is 11.5. The van der Waals surface area contributed by atoms with E-state index in [1.165, 1.54) is 4.88 Å². The van der Waals surface area contributed by atoms with E-state index in [2.05, 4.69) is 43.1 Å². The first-order chi connectivity index (χ1) is 6.98. The lowest BCUT2D eigenvalue weighted by atomic mass is 9.90. The van der Waals surface area contributed by atoms with Crippen molar-refractivity contribution in [2.45, 2.75) is 31.8 Å². The first kappa shape index (κ1) is 12.6. The second kappa shape index (κ2) is 5.05. The van der Waals surface area contributed by atoms with Crippen LogP contribution < -0.4 is 5.32 Å². The van der Waals surface area contributed by atoms with E-state index in [4.69, 9.17) is 0 Å². The lowest BCUT2D eigenvalue weighted by Gasteiger charge is -2.40. The van der Waals surface area contributed by atoms with E-state index in [1.54, 1.807) is 11.3 Å². The number of nitrogens with one attached hydrogen (secondary N) is 1. The summed E-state index contributed by atoms with van der Waals surface area (Å²) < 4.78 is 0. The highest BCUT2D eigenvalue weighted by Gasteiger charge is 2.30. The van der Waals surface area contributed by atoms with E-state index in [-0.39, 0.29) is 5.54 Å². The molecule has 1 rings (SSSR count). The van der Waals surface area contributed by atoms with Gasteiger partial charge in [0.2, 0.25) is 0 Å². The quantitative estimate of drug-likeness (QED) is 0.828. The number of nitrogens with zero attached hydrogens (tertiary/aromatic N) is 2. The van der Waals surface area contributed by atoms with Crippen molar-refractivity contribution in [3.8, 4) is 0 Å². The Labute approximate surface area is 96.5 Å². The minimum atomic E-state index is 0.138. The highest BCUT2D eigenvalue weighted by molar-refractivity contribution is 7.09. The summed E-state index contributed by atoms with van der Waals surface area (Å²) >= 11 is 1.72. The van der Waals surface area contributed by atoms with Crippen LogP contribution in [0.15, 0.2) is 11.7 Å². The molecule has 0 aliphatic rings. The summed E-state index contributed by atoms with van der Waals surface area (Å²) in [7, 11) is 6.27. The van der Waals surface area contributed by atoms with Crippen LogP contribution in [0.5, 0.6) is 0 Å². The van der Waals surface area contributed by atoms with Gasteiger partial charge in [0.1, 0.15) is 0 Å². The van der Waals surface area contributed by atoms with Gasteiger partial charge in [-0.15, -0.1) is 11.3 Å². The number of likely N-dealkylation sites (N-methyl/N-ethyl adjacent to an activating group) is 2. The molecule has 0 bridgehead atoms. The Bertz CT molecular complexity index is 280. The molecule has 4 heteroatoms. The molecule has 1 unspecified atom stereocenters. The maximum Gasteiger partial charge on any atom is 0.0794 e. The number of rotatable bonds is 5. The fraction of sp³-hybridized carbons (Fsp3) is 0.727. The molecule has 1 atom stereocenters. The summed E-state index contributed by atoms with van der Waals surface area (Å²) in [5.41, 5.74) is 2.03. The zero-order valence-corrected chi connectivity index (χ0v) is 11.1. The lowest BCUT2D eigenvalue weighted by Crippen LogP contribution is -2.55. The fourth-order valence-corrected chi connectivity index (χ4v) is 2.20. The van der Waals surface area contributed by atoms with Gasteiger partial charge in [0.15, 0.2) is 0 Å². The minimum Gasteiger partial charge on any atom is -0.315 e. The van der Waals surface area contributed by atoms with Gasteiger partial charge in [-0.05, 0) is 35.0 Å². The predicted molar refractivity (Wildman–Crippen MR) is 66.4 cm³/mol. The van der Waals surface area contributed by atoms with Gasteiger partial charge in [0.05, 0.1) is 5.51 Å². The Hall–Kier alpha value is -0.450. The molecule has 0 saturated heterocycles. The van der Waals surface area contributed by atoms with Crippen LogP contribution in [-0.4, -0.2) is 42.6 Å². The van der Waals surface area contributed by atoms with E-state index < -0.39 is 0 Å². The zero-order valence-electron chi connectivity index (χ0n) is 10.2. The molecule has 0 spiro atoms. The van der Waals surface area contributed by atoms with Crippen LogP contribution in [0.1, 0.15) is 18.7 Å². The van der Waals surface area contributed by atoms with Crippen molar-refractivity contribution >= 4 is 11.3 Å². The van der Waals surface area contributed by atoms with E-state index in [1.807, 2.05) is 18.8 Å². The van der Waals surface area contributed by atoms with Crippen molar-refractivity contribution in [2.24, 2.45) is 0 Å². The summed E-state index contributed by atoms with van der Waals surface area (Å²) in [5, 5.41) is 3.40. The Morgan fingerprint density at radius 3 is 2.60 bits per heavy atom. The van der Waals surface area contributed by atoms with Crippen LogP contribution in [0.2, 0.25) is 0 Å². The van der Waals surface area contributed by atoms with Crippen molar-refractivity contribution in [2.75, 3.05) is 21.1 Å². The van der Waals surface area contributed by atoms with Crippen molar-refractivity contribution in [3.63, 3.8) is 0 Å². The van der Waals surface area contributed by atoms with E-state index in [0.717, 1.165) is 6.42 Å². The van der Waals surface area contributed by atoms with Gasteiger partial charge in [-0.3, -0.25) is 4.98 Å². The molecule has 1 aromatic heterocycles. The van der Waals surface area contributed by atoms with Crippen LogP contribution in [0, 0.1) is 0 Å². The van der Waals surface area contributed by atoms with Gasteiger partial charge in [-0.25, -0.2) is 0 Å². The van der Waals surface area contributed by atoms with E-state index >= 15 is 0 Å². The smallest absolute Gasteiger partial charge is 0.0794 e. The molecule has 86 valence electrons. The summed E-state index contributed by atoms with van der Waals surface area (Å²) in [5.74, 6) is 0. The van der Waals surface area contributed by atoms with Gasteiger partial charge < -0.3 is 10.2 Å². The molecule has 0 aliphatic heterocycles. The summed E-state index contributed by atoms with van der Waals surface area (Å²) in [6, 6.07) is 0.438. The summed E-state index contributed by atoms with van der Waals surface area (Å²) in [6.07, 6.45) is 2.99. The Morgan fingerprint density at radius 1 is 1.53 bits per heavy atom. The number of hydrogen-bond donors (Lipinski definition) is 1. The maximum atomic E-state index is 4.11. The molecule has 0 amide bonds. The average Bonchev–Trinajstić information content (AvgIpc) is 2.65. The number of hydrogen-bond acceptors (Lipinski definition) is 4. The fourth-order valence-electron chi connectivity index (χ4n) is 1.56. The van der Waals surface area contributed by atoms with Crippen LogP contribution in [0.4, 0.5) is 0 Å². The van der Waals surface area contributed by atoms with Crippen molar-refractivity contribution in [1.29, 1.82) is 0 Å². The third kappa shape index (κ3) is 3.00. The molecule has 1 aromatic rings. The molecule has 3 nitrogen and oxygen atoms in total. The summed E-state index contributed by atoms with van der Waals surface area (Å²) in [6.45, 7) is 4.52. The Morgan fingerprint density at radius 2 is 2.20 bits per heavy atom. The van der Waals surface area contributed by atoms with Crippen molar-refractivity contribution in [1.82, 2.24) is 15.2 Å². The van der Waals surface area contributed by atoms with Gasteiger partial charge in [-0.1, -0.05) is 0 Å². The van der Waals surface area contributed by atoms with Crippen molar-refractivity contribution in [3.05, 3.63) is 16.6 Å². The number of thiazole rings is 1. The highest BCUT2D eigenvalue weighted by atomic mass is 32.1. The second-order valence-corrected chi connectivity index (χ2v) is 5.53. The van der Waals surface area contributed by atoms with Crippen LogP contribution in [-0.2, 0) is 6.42 Å². The van der Waals surface area contributed by atoms with Crippen LogP contribution in [0.25, 0.3) is 0 Å². The molecule has 0 saturated carbocycles. The topological polar surface area (TPSA) is 28.2 Å². The molecular formula is C11H21N3S. The molecule has 1 N–H and O–H groups in total. The highest BCUT2D eigenvalue weighted by Crippen LogP contribution is 2.20. The largest absolute Gasteiger partial charge is 0.315 e. The van der Waals surface area contributed by atoms with Gasteiger partial charge >= 0.3 is 0 Å². The number of aromatic nitrogens is 1. The molecule has 15 heavy (non-hydrogen) atoms. The normalized spacial score (nSPS) is 14.5. The Kier molecular flexibility index (Phi) is 4.25. The van der Waals surface area contributed by atoms with Gasteiger partial charge in [-0.2, -0.15) is 0 Å². The summed E-state index contributed by atoms with van der Waals surface area (Å²) in [4.78, 5) is 7.71. The van der Waals surface area contributed by atoms with Gasteiger partial charge in [0.25, 0.3) is 0 Å². The molecule has 0 fully saturated rings. The van der Waals surface area contributed by atoms with Gasteiger partial charge in [0, 0.05) is 29.1 Å². The lowest BCUT2D eigenvalue weighted by molar-refractivity contribution is 0.142. The van der Waals surface area contributed by atoms with Crippen LogP contribution >= 0.6 is 11.3 Å². The maximum absolute atomic E-state index is 4.11. The van der Waals surface area contributed by atoms with E-state index in [0.29, 0.717) is 6.04 Å². The molecule has 0 aliphatic carbocycles. The second-order valence-electron chi connectivity index (χ2n) is 4.56. The van der Waals surface area contributed by atoms with Crippen LogP contribution in [0.3, 0.4) is 0 Å². The standard InChI is InChI=1S/C11H21N3S/c1-11(2,14(4)5)10(12-3)6-9-7-13-8-15-9/h7-8,10,12H,6H2,1-5H3. The molecule has 0 radical (unpaired) electrons. The first-order valence-corrected chi connectivity index (χ1v) is 6.08.